The summed E-state index contributed by atoms with van der Waals surface area (Å²) in [6.45, 7) is 0.264. The van der Waals surface area contributed by atoms with Crippen LogP contribution < -0.4 is 5.73 Å². The quantitative estimate of drug-likeness (QED) is 0.670. The van der Waals surface area contributed by atoms with Crippen LogP contribution >= 0.6 is 0 Å². The van der Waals surface area contributed by atoms with Gasteiger partial charge in [-0.3, -0.25) is 9.59 Å². The first kappa shape index (κ1) is 12.2. The number of carboxylic acid groups (broad SMARTS) is 2. The molecule has 5 nitrogen and oxygen atoms in total. The molecule has 0 aliphatic rings. The Balaban J connectivity index is 3.00. The summed E-state index contributed by atoms with van der Waals surface area (Å²) in [4.78, 5) is 21.1. The van der Waals surface area contributed by atoms with E-state index < -0.39 is 11.9 Å². The molecule has 0 amide bonds. The lowest BCUT2D eigenvalue weighted by molar-refractivity contribution is -0.137. The van der Waals surface area contributed by atoms with E-state index >= 15 is 0 Å². The third-order valence-electron chi connectivity index (χ3n) is 2.06. The minimum Gasteiger partial charge on any atom is -0.481 e. The maximum Gasteiger partial charge on any atom is 0.307 e. The van der Waals surface area contributed by atoms with E-state index in [4.69, 9.17) is 15.9 Å². The number of nitrogens with two attached hydrogens (primary N) is 1. The van der Waals surface area contributed by atoms with E-state index in [0.717, 1.165) is 5.56 Å². The van der Waals surface area contributed by atoms with Gasteiger partial charge in [0.2, 0.25) is 0 Å². The van der Waals surface area contributed by atoms with Crippen LogP contribution in [0, 0.1) is 0 Å². The molecule has 0 fully saturated rings. The Morgan fingerprint density at radius 2 is 1.31 bits per heavy atom. The number of hydrogen-bond donors (Lipinski definition) is 3. The van der Waals surface area contributed by atoms with Crippen LogP contribution in [0.1, 0.15) is 16.7 Å². The van der Waals surface area contributed by atoms with Crippen molar-refractivity contribution in [3.05, 3.63) is 34.9 Å². The smallest absolute Gasteiger partial charge is 0.307 e. The molecule has 16 heavy (non-hydrogen) atoms. The van der Waals surface area contributed by atoms with Crippen LogP contribution in [0.4, 0.5) is 0 Å². The zero-order valence-corrected chi connectivity index (χ0v) is 8.64. The Labute approximate surface area is 92.5 Å². The molecule has 0 atom stereocenters. The van der Waals surface area contributed by atoms with Gasteiger partial charge in [0, 0.05) is 6.54 Å². The van der Waals surface area contributed by atoms with Crippen molar-refractivity contribution in [2.24, 2.45) is 5.73 Å². The maximum atomic E-state index is 10.6. The van der Waals surface area contributed by atoms with E-state index in [-0.39, 0.29) is 19.4 Å². The van der Waals surface area contributed by atoms with Gasteiger partial charge in [-0.1, -0.05) is 18.2 Å². The van der Waals surface area contributed by atoms with E-state index in [1.165, 1.54) is 0 Å². The van der Waals surface area contributed by atoms with Gasteiger partial charge >= 0.3 is 11.9 Å². The predicted molar refractivity (Wildman–Crippen MR) is 57.0 cm³/mol. The van der Waals surface area contributed by atoms with Crippen LogP contribution in [-0.2, 0) is 29.0 Å². The van der Waals surface area contributed by atoms with Crippen molar-refractivity contribution in [2.45, 2.75) is 19.4 Å². The second kappa shape index (κ2) is 5.27. The van der Waals surface area contributed by atoms with Gasteiger partial charge in [-0.15, -0.1) is 0 Å². The van der Waals surface area contributed by atoms with Gasteiger partial charge in [0.1, 0.15) is 0 Å². The van der Waals surface area contributed by atoms with Crippen molar-refractivity contribution in [1.29, 1.82) is 0 Å². The second-order valence-electron chi connectivity index (χ2n) is 3.50. The zero-order valence-electron chi connectivity index (χ0n) is 8.64. The van der Waals surface area contributed by atoms with Crippen LogP contribution in [0.5, 0.6) is 0 Å². The lowest BCUT2D eigenvalue weighted by Gasteiger charge is -2.05. The molecule has 86 valence electrons. The van der Waals surface area contributed by atoms with Crippen molar-refractivity contribution < 1.29 is 19.8 Å². The maximum absolute atomic E-state index is 10.6. The van der Waals surface area contributed by atoms with E-state index in [2.05, 4.69) is 0 Å². The molecule has 1 aromatic rings. The minimum atomic E-state index is -0.949. The molecular formula is C11H13NO4. The molecule has 0 aromatic heterocycles. The fourth-order valence-corrected chi connectivity index (χ4v) is 1.51. The summed E-state index contributed by atoms with van der Waals surface area (Å²) < 4.78 is 0. The van der Waals surface area contributed by atoms with E-state index in [0.29, 0.717) is 11.1 Å². The molecule has 0 radical (unpaired) electrons. The Morgan fingerprint density at radius 3 is 1.62 bits per heavy atom. The van der Waals surface area contributed by atoms with Crippen molar-refractivity contribution in [3.63, 3.8) is 0 Å². The van der Waals surface area contributed by atoms with Crippen molar-refractivity contribution in [1.82, 2.24) is 0 Å². The van der Waals surface area contributed by atoms with Gasteiger partial charge in [0.05, 0.1) is 12.8 Å². The van der Waals surface area contributed by atoms with Crippen LogP contribution in [0.25, 0.3) is 0 Å². The molecule has 4 N–H and O–H groups in total. The summed E-state index contributed by atoms with van der Waals surface area (Å²) in [5, 5.41) is 17.3. The summed E-state index contributed by atoms with van der Waals surface area (Å²) in [6, 6.07) is 4.94. The lowest BCUT2D eigenvalue weighted by atomic mass is 10.0. The first-order valence-electron chi connectivity index (χ1n) is 4.76. The monoisotopic (exact) mass is 223 g/mol. The molecule has 0 saturated heterocycles. The highest BCUT2D eigenvalue weighted by atomic mass is 16.4. The van der Waals surface area contributed by atoms with E-state index in [1.807, 2.05) is 0 Å². The van der Waals surface area contributed by atoms with Gasteiger partial charge in [0.15, 0.2) is 0 Å². The summed E-state index contributed by atoms with van der Waals surface area (Å²) >= 11 is 0. The van der Waals surface area contributed by atoms with Crippen LogP contribution in [0.3, 0.4) is 0 Å². The Morgan fingerprint density at radius 1 is 0.938 bits per heavy atom. The molecular weight excluding hydrogens is 210 g/mol. The largest absolute Gasteiger partial charge is 0.481 e. The second-order valence-corrected chi connectivity index (χ2v) is 3.50. The normalized spacial score (nSPS) is 10.1. The highest BCUT2D eigenvalue weighted by Gasteiger charge is 2.07. The van der Waals surface area contributed by atoms with Crippen molar-refractivity contribution in [2.75, 3.05) is 0 Å². The SMILES string of the molecule is NCc1cc(CC(=O)O)cc(CC(=O)O)c1. The minimum absolute atomic E-state index is 0.125. The molecule has 0 aliphatic heterocycles. The number of carbonyl (C=O) groups is 2. The number of hydrogen-bond acceptors (Lipinski definition) is 3. The fourth-order valence-electron chi connectivity index (χ4n) is 1.51. The highest BCUT2D eigenvalue weighted by molar-refractivity contribution is 5.72. The molecule has 0 unspecified atom stereocenters. The molecule has 0 bridgehead atoms. The summed E-state index contributed by atoms with van der Waals surface area (Å²) in [7, 11) is 0. The molecule has 1 rings (SSSR count). The molecule has 0 saturated carbocycles. The predicted octanol–water partition coefficient (Wildman–Crippen LogP) is 0.399. The standard InChI is InChI=1S/C11H13NO4/c12-6-9-2-7(4-10(13)14)1-8(3-9)5-11(15)16/h1-3H,4-6,12H2,(H,13,14)(H,15,16). The van der Waals surface area contributed by atoms with Gasteiger partial charge < -0.3 is 15.9 Å². The summed E-state index contributed by atoms with van der Waals surface area (Å²) in [5.41, 5.74) is 7.35. The molecule has 5 heteroatoms. The average molecular weight is 223 g/mol. The van der Waals surface area contributed by atoms with E-state index in [1.54, 1.807) is 18.2 Å². The van der Waals surface area contributed by atoms with Crippen molar-refractivity contribution >= 4 is 11.9 Å². The fraction of sp³-hybridized carbons (Fsp3) is 0.273. The third-order valence-corrected chi connectivity index (χ3v) is 2.06. The lowest BCUT2D eigenvalue weighted by Crippen LogP contribution is -2.06. The molecule has 0 spiro atoms. The number of aliphatic carboxylic acids is 2. The number of carboxylic acids is 2. The summed E-state index contributed by atoms with van der Waals surface area (Å²) in [5.74, 6) is -1.90. The van der Waals surface area contributed by atoms with Gasteiger partial charge in [0.25, 0.3) is 0 Å². The Bertz CT molecular complexity index is 380. The molecule has 0 aliphatic carbocycles. The van der Waals surface area contributed by atoms with Crippen LogP contribution in [-0.4, -0.2) is 22.2 Å². The topological polar surface area (TPSA) is 101 Å². The third kappa shape index (κ3) is 3.70. The Hall–Kier alpha value is -1.88. The Kier molecular flexibility index (Phi) is 4.02. The first-order chi connectivity index (χ1) is 7.51. The molecule has 1 aromatic carbocycles. The van der Waals surface area contributed by atoms with E-state index in [9.17, 15) is 9.59 Å². The highest BCUT2D eigenvalue weighted by Crippen LogP contribution is 2.12. The number of rotatable bonds is 5. The average Bonchev–Trinajstić information content (AvgIpc) is 2.14. The van der Waals surface area contributed by atoms with Crippen molar-refractivity contribution in [3.8, 4) is 0 Å². The van der Waals surface area contributed by atoms with Gasteiger partial charge in [-0.05, 0) is 16.7 Å². The van der Waals surface area contributed by atoms with Gasteiger partial charge in [-0.2, -0.15) is 0 Å². The first-order valence-corrected chi connectivity index (χ1v) is 4.76. The summed E-state index contributed by atoms with van der Waals surface area (Å²) in [6.07, 6.45) is -0.249. The number of benzene rings is 1. The van der Waals surface area contributed by atoms with Crippen LogP contribution in [0.2, 0.25) is 0 Å². The molecule has 0 heterocycles. The zero-order chi connectivity index (χ0) is 12.1. The van der Waals surface area contributed by atoms with Crippen LogP contribution in [0.15, 0.2) is 18.2 Å². The van der Waals surface area contributed by atoms with Gasteiger partial charge in [-0.25, -0.2) is 0 Å².